The summed E-state index contributed by atoms with van der Waals surface area (Å²) in [5, 5.41) is 14.7. The standard InChI is InChI=1S/C29H22N6OS/c30-24-13-11-21(28-9-4-14-37-28)16-26(24)32-29(36)22-7-3-6-20(15-22)27-18-35(34-33-27)17-23-12-10-19-5-1-2-8-25(19)31-23/h1-16,18H,17,30H2,(H,32,36). The molecule has 0 unspecified atom stereocenters. The monoisotopic (exact) mass is 502 g/mol. The first-order valence-corrected chi connectivity index (χ1v) is 12.6. The number of anilines is 2. The number of hydrogen-bond acceptors (Lipinski definition) is 6. The summed E-state index contributed by atoms with van der Waals surface area (Å²) < 4.78 is 1.75. The molecule has 0 atom stereocenters. The van der Waals surface area contributed by atoms with E-state index in [4.69, 9.17) is 10.7 Å². The van der Waals surface area contributed by atoms with E-state index in [-0.39, 0.29) is 5.91 Å². The van der Waals surface area contributed by atoms with E-state index in [0.29, 0.717) is 29.2 Å². The van der Waals surface area contributed by atoms with Crippen LogP contribution in [0.3, 0.4) is 0 Å². The van der Waals surface area contributed by atoms with E-state index in [2.05, 4.69) is 21.7 Å². The van der Waals surface area contributed by atoms with Gasteiger partial charge in [-0.3, -0.25) is 9.78 Å². The lowest BCUT2D eigenvalue weighted by molar-refractivity contribution is 0.102. The molecule has 3 heterocycles. The lowest BCUT2D eigenvalue weighted by Gasteiger charge is -2.10. The molecule has 0 aliphatic rings. The minimum Gasteiger partial charge on any atom is -0.397 e. The quantitative estimate of drug-likeness (QED) is 0.268. The number of hydrogen-bond donors (Lipinski definition) is 2. The number of rotatable bonds is 6. The van der Waals surface area contributed by atoms with Gasteiger partial charge in [0.2, 0.25) is 0 Å². The molecule has 180 valence electrons. The molecule has 0 aliphatic heterocycles. The highest BCUT2D eigenvalue weighted by Crippen LogP contribution is 2.30. The highest BCUT2D eigenvalue weighted by Gasteiger charge is 2.13. The van der Waals surface area contributed by atoms with Gasteiger partial charge in [0.15, 0.2) is 0 Å². The van der Waals surface area contributed by atoms with Crippen LogP contribution >= 0.6 is 11.3 Å². The highest BCUT2D eigenvalue weighted by atomic mass is 32.1. The third-order valence-electron chi connectivity index (χ3n) is 6.05. The molecule has 7 nitrogen and oxygen atoms in total. The van der Waals surface area contributed by atoms with Crippen LogP contribution in [0.4, 0.5) is 11.4 Å². The van der Waals surface area contributed by atoms with Gasteiger partial charge in [-0.15, -0.1) is 16.4 Å². The van der Waals surface area contributed by atoms with Crippen molar-refractivity contribution in [2.45, 2.75) is 6.54 Å². The van der Waals surface area contributed by atoms with Crippen molar-refractivity contribution in [3.63, 3.8) is 0 Å². The zero-order valence-corrected chi connectivity index (χ0v) is 20.5. The summed E-state index contributed by atoms with van der Waals surface area (Å²) >= 11 is 1.64. The third kappa shape index (κ3) is 4.82. The molecule has 0 saturated carbocycles. The molecule has 0 bridgehead atoms. The molecular formula is C29H22N6OS. The number of nitrogens with two attached hydrogens (primary N) is 1. The number of benzene rings is 3. The molecule has 8 heteroatoms. The van der Waals surface area contributed by atoms with E-state index in [1.54, 1.807) is 28.2 Å². The number of nitrogens with one attached hydrogen (secondary N) is 1. The Morgan fingerprint density at radius 1 is 0.919 bits per heavy atom. The lowest BCUT2D eigenvalue weighted by atomic mass is 10.1. The van der Waals surface area contributed by atoms with Crippen LogP contribution in [-0.4, -0.2) is 25.9 Å². The molecule has 0 radical (unpaired) electrons. The number of carbonyl (C=O) groups excluding carboxylic acids is 1. The normalized spacial score (nSPS) is 11.0. The Morgan fingerprint density at radius 3 is 2.73 bits per heavy atom. The minimum atomic E-state index is -0.246. The fraction of sp³-hybridized carbons (Fsp3) is 0.0345. The summed E-state index contributed by atoms with van der Waals surface area (Å²) in [5.41, 5.74) is 12.1. The van der Waals surface area contributed by atoms with Crippen LogP contribution in [0.5, 0.6) is 0 Å². The zero-order chi connectivity index (χ0) is 25.2. The average molecular weight is 503 g/mol. The molecule has 0 fully saturated rings. The SMILES string of the molecule is Nc1ccc(-c2cccs2)cc1NC(=O)c1cccc(-c2cn(Cc3ccc4ccccc4n3)nn2)c1. The van der Waals surface area contributed by atoms with E-state index in [9.17, 15) is 4.79 Å². The van der Waals surface area contributed by atoms with E-state index in [0.717, 1.165) is 32.6 Å². The number of aromatic nitrogens is 4. The van der Waals surface area contributed by atoms with Crippen molar-refractivity contribution in [3.05, 3.63) is 114 Å². The number of nitrogens with zero attached hydrogens (tertiary/aromatic N) is 4. The van der Waals surface area contributed by atoms with E-state index in [1.807, 2.05) is 84.4 Å². The third-order valence-corrected chi connectivity index (χ3v) is 6.97. The summed E-state index contributed by atoms with van der Waals surface area (Å²) in [6.07, 6.45) is 1.86. The van der Waals surface area contributed by atoms with Crippen LogP contribution in [0, 0.1) is 0 Å². The molecule has 3 aromatic carbocycles. The van der Waals surface area contributed by atoms with Gasteiger partial charge < -0.3 is 11.1 Å². The fourth-order valence-corrected chi connectivity index (χ4v) is 4.87. The molecule has 6 rings (SSSR count). The second-order valence-corrected chi connectivity index (χ2v) is 9.56. The van der Waals surface area contributed by atoms with Crippen LogP contribution in [-0.2, 0) is 6.54 Å². The average Bonchev–Trinajstić information content (AvgIpc) is 3.63. The number of thiophene rings is 1. The van der Waals surface area contributed by atoms with Crippen molar-refractivity contribution in [1.29, 1.82) is 0 Å². The lowest BCUT2D eigenvalue weighted by Crippen LogP contribution is -2.13. The second-order valence-electron chi connectivity index (χ2n) is 8.61. The van der Waals surface area contributed by atoms with Crippen LogP contribution in [0.15, 0.2) is 103 Å². The molecule has 1 amide bonds. The van der Waals surface area contributed by atoms with Crippen LogP contribution in [0.25, 0.3) is 32.6 Å². The van der Waals surface area contributed by atoms with Crippen LogP contribution in [0.2, 0.25) is 0 Å². The van der Waals surface area contributed by atoms with Gasteiger partial charge in [-0.05, 0) is 53.4 Å². The van der Waals surface area contributed by atoms with Gasteiger partial charge in [0.1, 0.15) is 5.69 Å². The largest absolute Gasteiger partial charge is 0.397 e. The first-order valence-electron chi connectivity index (χ1n) is 11.7. The van der Waals surface area contributed by atoms with Crippen LogP contribution < -0.4 is 11.1 Å². The molecule has 0 saturated heterocycles. The minimum absolute atomic E-state index is 0.246. The van der Waals surface area contributed by atoms with Crippen molar-refractivity contribution in [2.24, 2.45) is 0 Å². The summed E-state index contributed by atoms with van der Waals surface area (Å²) in [6, 6.07) is 29.1. The second kappa shape index (κ2) is 9.67. The van der Waals surface area contributed by atoms with Crippen molar-refractivity contribution in [3.8, 4) is 21.7 Å². The maximum absolute atomic E-state index is 13.1. The van der Waals surface area contributed by atoms with Gasteiger partial charge in [-0.25, -0.2) is 4.68 Å². The van der Waals surface area contributed by atoms with Gasteiger partial charge in [-0.1, -0.05) is 53.7 Å². The smallest absolute Gasteiger partial charge is 0.255 e. The predicted octanol–water partition coefficient (Wildman–Crippen LogP) is 6.10. The van der Waals surface area contributed by atoms with Crippen molar-refractivity contribution in [2.75, 3.05) is 11.1 Å². The Bertz CT molecular complexity index is 1720. The zero-order valence-electron chi connectivity index (χ0n) is 19.7. The van der Waals surface area contributed by atoms with Gasteiger partial charge in [0, 0.05) is 21.4 Å². The van der Waals surface area contributed by atoms with Gasteiger partial charge >= 0.3 is 0 Å². The first-order chi connectivity index (χ1) is 18.1. The molecule has 0 spiro atoms. The van der Waals surface area contributed by atoms with Crippen molar-refractivity contribution in [1.82, 2.24) is 20.0 Å². The van der Waals surface area contributed by atoms with Crippen molar-refractivity contribution >= 4 is 39.5 Å². The van der Waals surface area contributed by atoms with E-state index >= 15 is 0 Å². The number of pyridine rings is 1. The van der Waals surface area contributed by atoms with Gasteiger partial charge in [0.05, 0.1) is 35.3 Å². The predicted molar refractivity (Wildman–Crippen MR) is 148 cm³/mol. The Morgan fingerprint density at radius 2 is 1.84 bits per heavy atom. The Hall–Kier alpha value is -4.82. The maximum Gasteiger partial charge on any atom is 0.255 e. The maximum atomic E-state index is 13.1. The number of amides is 1. The Labute approximate surface area is 217 Å². The number of para-hydroxylation sites is 1. The van der Waals surface area contributed by atoms with Crippen molar-refractivity contribution < 1.29 is 4.79 Å². The molecule has 0 aliphatic carbocycles. The first kappa shape index (κ1) is 22.6. The molecule has 6 aromatic rings. The number of carbonyl (C=O) groups is 1. The molecular weight excluding hydrogens is 480 g/mol. The Kier molecular flexibility index (Phi) is 5.92. The summed E-state index contributed by atoms with van der Waals surface area (Å²) in [4.78, 5) is 18.9. The van der Waals surface area contributed by atoms with E-state index in [1.165, 1.54) is 0 Å². The summed E-state index contributed by atoms with van der Waals surface area (Å²) in [5.74, 6) is -0.246. The number of nitrogen functional groups attached to an aromatic ring is 1. The highest BCUT2D eigenvalue weighted by molar-refractivity contribution is 7.13. The number of fused-ring (bicyclic) bond motifs is 1. The molecule has 37 heavy (non-hydrogen) atoms. The summed E-state index contributed by atoms with van der Waals surface area (Å²) in [6.45, 7) is 0.498. The topological polar surface area (TPSA) is 98.7 Å². The van der Waals surface area contributed by atoms with E-state index < -0.39 is 0 Å². The Balaban J connectivity index is 1.20. The van der Waals surface area contributed by atoms with Gasteiger partial charge in [-0.2, -0.15) is 0 Å². The van der Waals surface area contributed by atoms with Gasteiger partial charge in [0.25, 0.3) is 5.91 Å². The fourth-order valence-electron chi connectivity index (χ4n) is 4.15. The molecule has 3 N–H and O–H groups in total. The summed E-state index contributed by atoms with van der Waals surface area (Å²) in [7, 11) is 0. The van der Waals surface area contributed by atoms with Crippen LogP contribution in [0.1, 0.15) is 16.1 Å². The molecule has 3 aromatic heterocycles.